The Hall–Kier alpha value is -1.59. The second-order valence-electron chi connectivity index (χ2n) is 3.79. The topological polar surface area (TPSA) is 55.1 Å². The largest absolute Gasteiger partial charge is 0.398 e. The molecule has 19 heavy (non-hydrogen) atoms. The second kappa shape index (κ2) is 5.59. The lowest BCUT2D eigenvalue weighted by molar-refractivity contribution is 0.102. The molecular weight excluding hydrogens is 335 g/mol. The zero-order valence-corrected chi connectivity index (χ0v) is 11.9. The molecular formula is C13H9BrClFN2O. The van der Waals surface area contributed by atoms with Crippen molar-refractivity contribution in [2.24, 2.45) is 0 Å². The van der Waals surface area contributed by atoms with Gasteiger partial charge in [-0.15, -0.1) is 0 Å². The first-order valence-electron chi connectivity index (χ1n) is 5.29. The van der Waals surface area contributed by atoms with E-state index in [2.05, 4.69) is 21.2 Å². The zero-order chi connectivity index (χ0) is 14.0. The summed E-state index contributed by atoms with van der Waals surface area (Å²) in [5.74, 6) is -1.12. The summed E-state index contributed by atoms with van der Waals surface area (Å²) in [4.78, 5) is 12.0. The van der Waals surface area contributed by atoms with E-state index in [0.717, 1.165) is 0 Å². The molecule has 0 spiro atoms. The highest BCUT2D eigenvalue weighted by molar-refractivity contribution is 9.10. The maximum absolute atomic E-state index is 13.3. The fraction of sp³-hybridized carbons (Fsp3) is 0. The van der Waals surface area contributed by atoms with Crippen molar-refractivity contribution in [3.05, 3.63) is 57.3 Å². The molecule has 0 radical (unpaired) electrons. The zero-order valence-electron chi connectivity index (χ0n) is 9.58. The van der Waals surface area contributed by atoms with Crippen molar-refractivity contribution < 1.29 is 9.18 Å². The number of nitrogen functional groups attached to an aromatic ring is 1. The van der Waals surface area contributed by atoms with Gasteiger partial charge in [-0.05, 0) is 46.3 Å². The summed E-state index contributed by atoms with van der Waals surface area (Å²) in [5.41, 5.74) is 6.81. The van der Waals surface area contributed by atoms with Crippen molar-refractivity contribution in [3.63, 3.8) is 0 Å². The number of anilines is 2. The van der Waals surface area contributed by atoms with Crippen molar-refractivity contribution in [1.29, 1.82) is 0 Å². The van der Waals surface area contributed by atoms with Gasteiger partial charge in [-0.2, -0.15) is 0 Å². The molecule has 0 fully saturated rings. The Labute approximate surface area is 122 Å². The Kier molecular flexibility index (Phi) is 4.07. The third-order valence-electron chi connectivity index (χ3n) is 2.45. The van der Waals surface area contributed by atoms with E-state index < -0.39 is 11.7 Å². The van der Waals surface area contributed by atoms with Gasteiger partial charge in [0.2, 0.25) is 0 Å². The molecule has 2 aromatic rings. The van der Waals surface area contributed by atoms with Crippen LogP contribution in [0.25, 0.3) is 0 Å². The van der Waals surface area contributed by atoms with Crippen LogP contribution in [-0.2, 0) is 0 Å². The summed E-state index contributed by atoms with van der Waals surface area (Å²) >= 11 is 9.00. The van der Waals surface area contributed by atoms with Gasteiger partial charge < -0.3 is 11.1 Å². The first-order valence-corrected chi connectivity index (χ1v) is 6.46. The lowest BCUT2D eigenvalue weighted by atomic mass is 10.2. The number of nitrogens with one attached hydrogen (secondary N) is 1. The highest BCUT2D eigenvalue weighted by atomic mass is 79.9. The van der Waals surface area contributed by atoms with Crippen LogP contribution in [0.3, 0.4) is 0 Å². The molecule has 0 aliphatic carbocycles. The van der Waals surface area contributed by atoms with Gasteiger partial charge in [0, 0.05) is 15.8 Å². The van der Waals surface area contributed by atoms with Crippen molar-refractivity contribution in [2.45, 2.75) is 0 Å². The fourth-order valence-corrected chi connectivity index (χ4v) is 2.07. The number of hydrogen-bond donors (Lipinski definition) is 2. The van der Waals surface area contributed by atoms with Gasteiger partial charge >= 0.3 is 0 Å². The van der Waals surface area contributed by atoms with Crippen LogP contribution in [0.1, 0.15) is 10.4 Å². The molecule has 0 saturated heterocycles. The minimum Gasteiger partial charge on any atom is -0.398 e. The first-order chi connectivity index (χ1) is 8.99. The molecule has 98 valence electrons. The lowest BCUT2D eigenvalue weighted by Gasteiger charge is -2.08. The average molecular weight is 344 g/mol. The number of benzene rings is 2. The monoisotopic (exact) mass is 342 g/mol. The van der Waals surface area contributed by atoms with Gasteiger partial charge in [0.1, 0.15) is 5.82 Å². The van der Waals surface area contributed by atoms with E-state index in [4.69, 9.17) is 17.3 Å². The van der Waals surface area contributed by atoms with Gasteiger partial charge in [-0.3, -0.25) is 4.79 Å². The maximum atomic E-state index is 13.3. The van der Waals surface area contributed by atoms with Crippen molar-refractivity contribution in [1.82, 2.24) is 0 Å². The van der Waals surface area contributed by atoms with Gasteiger partial charge in [0.25, 0.3) is 5.91 Å². The molecule has 3 nitrogen and oxygen atoms in total. The van der Waals surface area contributed by atoms with Crippen LogP contribution in [-0.4, -0.2) is 5.91 Å². The maximum Gasteiger partial charge on any atom is 0.257 e. The third kappa shape index (κ3) is 3.05. The summed E-state index contributed by atoms with van der Waals surface area (Å²) in [6.07, 6.45) is 0. The van der Waals surface area contributed by atoms with Crippen LogP contribution in [0.4, 0.5) is 15.8 Å². The van der Waals surface area contributed by atoms with Crippen LogP contribution in [0.15, 0.2) is 40.9 Å². The lowest BCUT2D eigenvalue weighted by Crippen LogP contribution is -2.13. The molecule has 2 aromatic carbocycles. The number of nitrogens with two attached hydrogens (primary N) is 1. The minimum atomic E-state index is -0.632. The highest BCUT2D eigenvalue weighted by Crippen LogP contribution is 2.25. The smallest absolute Gasteiger partial charge is 0.257 e. The van der Waals surface area contributed by atoms with Gasteiger partial charge in [-0.1, -0.05) is 17.7 Å². The van der Waals surface area contributed by atoms with E-state index in [0.29, 0.717) is 15.8 Å². The summed E-state index contributed by atoms with van der Waals surface area (Å²) in [5, 5.41) is 2.42. The van der Waals surface area contributed by atoms with Crippen LogP contribution >= 0.6 is 27.5 Å². The molecule has 0 unspecified atom stereocenters. The Morgan fingerprint density at radius 2 is 2.05 bits per heavy atom. The Morgan fingerprint density at radius 3 is 2.74 bits per heavy atom. The normalized spacial score (nSPS) is 10.3. The average Bonchev–Trinajstić information content (AvgIpc) is 2.37. The molecule has 0 aliphatic heterocycles. The molecule has 2 rings (SSSR count). The molecule has 0 atom stereocenters. The van der Waals surface area contributed by atoms with Crippen LogP contribution in [0.5, 0.6) is 0 Å². The molecule has 0 bridgehead atoms. The fourth-order valence-electron chi connectivity index (χ4n) is 1.48. The third-order valence-corrected chi connectivity index (χ3v) is 3.53. The predicted molar refractivity (Wildman–Crippen MR) is 77.9 cm³/mol. The minimum absolute atomic E-state index is 0.0783. The molecule has 0 aromatic heterocycles. The van der Waals surface area contributed by atoms with E-state index in [-0.39, 0.29) is 10.6 Å². The quantitative estimate of drug-likeness (QED) is 0.807. The number of carbonyl (C=O) groups excluding carboxylic acids is 1. The Balaban J connectivity index is 2.26. The van der Waals surface area contributed by atoms with Gasteiger partial charge in [0.05, 0.1) is 10.6 Å². The van der Waals surface area contributed by atoms with E-state index in [1.54, 1.807) is 18.2 Å². The van der Waals surface area contributed by atoms with E-state index in [9.17, 15) is 9.18 Å². The number of halogens is 3. The number of carbonyl (C=O) groups is 1. The highest BCUT2D eigenvalue weighted by Gasteiger charge is 2.13. The Morgan fingerprint density at radius 1 is 1.32 bits per heavy atom. The van der Waals surface area contributed by atoms with Crippen molar-refractivity contribution >= 4 is 44.8 Å². The Bertz CT molecular complexity index is 649. The first kappa shape index (κ1) is 13.8. The molecule has 0 aliphatic rings. The number of amides is 1. The molecule has 6 heteroatoms. The van der Waals surface area contributed by atoms with E-state index in [1.165, 1.54) is 18.2 Å². The predicted octanol–water partition coefficient (Wildman–Crippen LogP) is 4.08. The van der Waals surface area contributed by atoms with Gasteiger partial charge in [-0.25, -0.2) is 4.39 Å². The summed E-state index contributed by atoms with van der Waals surface area (Å²) in [6, 6.07) is 9.01. The summed E-state index contributed by atoms with van der Waals surface area (Å²) in [6.45, 7) is 0. The molecule has 0 heterocycles. The second-order valence-corrected chi connectivity index (χ2v) is 5.02. The van der Waals surface area contributed by atoms with E-state index in [1.807, 2.05) is 0 Å². The van der Waals surface area contributed by atoms with E-state index >= 15 is 0 Å². The summed E-state index contributed by atoms with van der Waals surface area (Å²) < 4.78 is 13.9. The summed E-state index contributed by atoms with van der Waals surface area (Å²) in [7, 11) is 0. The molecule has 1 amide bonds. The molecule has 0 saturated carbocycles. The van der Waals surface area contributed by atoms with Crippen LogP contribution in [0, 0.1) is 5.82 Å². The SMILES string of the molecule is Nc1ccc(NC(=O)c2cccc(F)c2Cl)cc1Br. The van der Waals surface area contributed by atoms with Crippen molar-refractivity contribution in [3.8, 4) is 0 Å². The van der Waals surface area contributed by atoms with Crippen LogP contribution in [0.2, 0.25) is 5.02 Å². The molecule has 3 N–H and O–H groups in total. The standard InChI is InChI=1S/C13H9BrClFN2O/c14-9-6-7(4-5-11(9)17)18-13(19)8-2-1-3-10(16)12(8)15/h1-6H,17H2,(H,18,19). The number of hydrogen-bond acceptors (Lipinski definition) is 2. The van der Waals surface area contributed by atoms with Gasteiger partial charge in [0.15, 0.2) is 0 Å². The number of rotatable bonds is 2. The van der Waals surface area contributed by atoms with Crippen LogP contribution < -0.4 is 11.1 Å². The van der Waals surface area contributed by atoms with Crippen molar-refractivity contribution in [2.75, 3.05) is 11.1 Å².